The molecule has 0 aromatic carbocycles. The van der Waals surface area contributed by atoms with E-state index in [0.29, 0.717) is 12.5 Å². The summed E-state index contributed by atoms with van der Waals surface area (Å²) in [4.78, 5) is 22.1. The lowest BCUT2D eigenvalue weighted by Crippen LogP contribution is -2.27. The van der Waals surface area contributed by atoms with E-state index in [1.165, 1.54) is 9.58 Å². The van der Waals surface area contributed by atoms with E-state index in [1.807, 2.05) is 5.38 Å². The minimum absolute atomic E-state index is 0.0966. The summed E-state index contributed by atoms with van der Waals surface area (Å²) in [6, 6.07) is 0. The highest BCUT2D eigenvalue weighted by molar-refractivity contribution is 7.09. The van der Waals surface area contributed by atoms with E-state index in [4.69, 9.17) is 11.6 Å². The molecule has 0 fully saturated rings. The van der Waals surface area contributed by atoms with Crippen LogP contribution in [0.2, 0.25) is 5.28 Å². The molecule has 20 heavy (non-hydrogen) atoms. The number of rotatable bonds is 4. The third-order valence-corrected chi connectivity index (χ3v) is 4.23. The molecule has 8 heteroatoms. The Bertz CT molecular complexity index is 602. The second-order valence-corrected chi connectivity index (χ2v) is 6.05. The van der Waals surface area contributed by atoms with Crippen LogP contribution in [0.5, 0.6) is 0 Å². The maximum atomic E-state index is 12.2. The van der Waals surface area contributed by atoms with Gasteiger partial charge in [0.25, 0.3) is 5.91 Å². The molecule has 1 amide bonds. The summed E-state index contributed by atoms with van der Waals surface area (Å²) in [7, 11) is 3.34. The van der Waals surface area contributed by atoms with Gasteiger partial charge in [-0.25, -0.2) is 9.67 Å². The Hall–Kier alpha value is -1.47. The monoisotopic (exact) mass is 313 g/mol. The van der Waals surface area contributed by atoms with E-state index in [1.54, 1.807) is 25.4 Å². The second-order valence-electron chi connectivity index (χ2n) is 4.82. The van der Waals surface area contributed by atoms with Gasteiger partial charge < -0.3 is 4.90 Å². The minimum atomic E-state index is -0.272. The zero-order valence-electron chi connectivity index (χ0n) is 11.8. The average molecular weight is 314 g/mol. The van der Waals surface area contributed by atoms with E-state index in [-0.39, 0.29) is 17.0 Å². The van der Waals surface area contributed by atoms with Crippen molar-refractivity contribution in [3.8, 4) is 0 Å². The van der Waals surface area contributed by atoms with Crippen molar-refractivity contribution < 1.29 is 4.79 Å². The first-order valence-corrected chi connectivity index (χ1v) is 7.40. The summed E-state index contributed by atoms with van der Waals surface area (Å²) >= 11 is 7.39. The van der Waals surface area contributed by atoms with E-state index in [2.05, 4.69) is 28.9 Å². The Morgan fingerprint density at radius 3 is 2.70 bits per heavy atom. The van der Waals surface area contributed by atoms with Gasteiger partial charge in [0.05, 0.1) is 17.2 Å². The van der Waals surface area contributed by atoms with Gasteiger partial charge in [-0.1, -0.05) is 13.8 Å². The molecule has 0 aliphatic heterocycles. The van der Waals surface area contributed by atoms with Gasteiger partial charge in [0, 0.05) is 25.4 Å². The number of halogens is 1. The molecule has 2 heterocycles. The van der Waals surface area contributed by atoms with Crippen molar-refractivity contribution in [3.63, 3.8) is 0 Å². The van der Waals surface area contributed by atoms with Crippen LogP contribution in [-0.4, -0.2) is 37.6 Å². The number of amides is 1. The lowest BCUT2D eigenvalue weighted by Gasteiger charge is -2.13. The smallest absolute Gasteiger partial charge is 0.293 e. The number of aryl methyl sites for hydroxylation is 1. The van der Waals surface area contributed by atoms with Gasteiger partial charge >= 0.3 is 0 Å². The molecule has 0 atom stereocenters. The van der Waals surface area contributed by atoms with Crippen LogP contribution in [0, 0.1) is 0 Å². The van der Waals surface area contributed by atoms with Crippen LogP contribution in [-0.2, 0) is 13.6 Å². The number of hydrogen-bond acceptors (Lipinski definition) is 5. The van der Waals surface area contributed by atoms with Crippen molar-refractivity contribution in [1.29, 1.82) is 0 Å². The number of nitrogens with zero attached hydrogens (tertiary/aromatic N) is 5. The standard InChI is InChI=1S/C12H16ClN5OS/c1-7(2)10-14-8(6-20-10)5-17(3)11(19)9-15-12(13)18(4)16-9/h6-7H,5H2,1-4H3. The van der Waals surface area contributed by atoms with Gasteiger partial charge in [-0.05, 0) is 11.6 Å². The van der Waals surface area contributed by atoms with Gasteiger partial charge in [0.1, 0.15) is 0 Å². The van der Waals surface area contributed by atoms with Crippen molar-refractivity contribution in [2.75, 3.05) is 7.05 Å². The predicted molar refractivity (Wildman–Crippen MR) is 78.0 cm³/mol. The molecule has 2 rings (SSSR count). The molecule has 0 spiro atoms. The summed E-state index contributed by atoms with van der Waals surface area (Å²) in [5.41, 5.74) is 0.872. The SMILES string of the molecule is CC(C)c1nc(CN(C)C(=O)c2nc(Cl)n(C)n2)cs1. The fraction of sp³-hybridized carbons (Fsp3) is 0.500. The summed E-state index contributed by atoms with van der Waals surface area (Å²) in [6.07, 6.45) is 0. The lowest BCUT2D eigenvalue weighted by atomic mass is 10.2. The molecule has 0 aliphatic carbocycles. The maximum Gasteiger partial charge on any atom is 0.293 e. The first kappa shape index (κ1) is 14.9. The maximum absolute atomic E-state index is 12.2. The molecule has 0 saturated carbocycles. The molecule has 6 nitrogen and oxygen atoms in total. The topological polar surface area (TPSA) is 63.9 Å². The third kappa shape index (κ3) is 3.16. The third-order valence-electron chi connectivity index (χ3n) is 2.71. The molecular formula is C12H16ClN5OS. The zero-order valence-corrected chi connectivity index (χ0v) is 13.4. The predicted octanol–water partition coefficient (Wildman–Crippen LogP) is 2.32. The number of aromatic nitrogens is 4. The Kier molecular flexibility index (Phi) is 4.39. The Balaban J connectivity index is 2.07. The van der Waals surface area contributed by atoms with E-state index in [9.17, 15) is 4.79 Å². The number of carbonyl (C=O) groups excluding carboxylic acids is 1. The highest BCUT2D eigenvalue weighted by atomic mass is 35.5. The van der Waals surface area contributed by atoms with Crippen LogP contribution in [0.4, 0.5) is 0 Å². The van der Waals surface area contributed by atoms with E-state index in [0.717, 1.165) is 10.7 Å². The van der Waals surface area contributed by atoms with Crippen LogP contribution >= 0.6 is 22.9 Å². The number of carbonyl (C=O) groups is 1. The second kappa shape index (κ2) is 5.88. The Morgan fingerprint density at radius 1 is 1.50 bits per heavy atom. The molecule has 0 aliphatic rings. The van der Waals surface area contributed by atoms with Gasteiger partial charge in [-0.15, -0.1) is 16.4 Å². The van der Waals surface area contributed by atoms with Gasteiger partial charge in [0.15, 0.2) is 0 Å². The van der Waals surface area contributed by atoms with E-state index >= 15 is 0 Å². The molecule has 0 bridgehead atoms. The Labute approximate surface area is 126 Å². The molecule has 2 aromatic rings. The summed E-state index contributed by atoms with van der Waals surface area (Å²) in [5, 5.41) is 7.20. The first-order chi connectivity index (χ1) is 9.38. The molecule has 0 saturated heterocycles. The average Bonchev–Trinajstić information content (AvgIpc) is 2.97. The van der Waals surface area contributed by atoms with Crippen molar-refractivity contribution in [2.45, 2.75) is 26.3 Å². The van der Waals surface area contributed by atoms with Crippen LogP contribution in [0.15, 0.2) is 5.38 Å². The minimum Gasteiger partial charge on any atom is -0.333 e. The number of thiazole rings is 1. The van der Waals surface area contributed by atoms with Gasteiger partial charge in [-0.3, -0.25) is 4.79 Å². The highest BCUT2D eigenvalue weighted by Gasteiger charge is 2.19. The Morgan fingerprint density at radius 2 is 2.20 bits per heavy atom. The summed E-state index contributed by atoms with van der Waals surface area (Å²) in [5.74, 6) is 0.219. The summed E-state index contributed by atoms with van der Waals surface area (Å²) < 4.78 is 1.36. The van der Waals surface area contributed by atoms with Crippen LogP contribution in [0.1, 0.15) is 41.1 Å². The van der Waals surface area contributed by atoms with Gasteiger partial charge in [0.2, 0.25) is 11.1 Å². The molecule has 108 valence electrons. The zero-order chi connectivity index (χ0) is 14.9. The van der Waals surface area contributed by atoms with E-state index < -0.39 is 0 Å². The van der Waals surface area contributed by atoms with Crippen molar-refractivity contribution in [3.05, 3.63) is 27.2 Å². The molecule has 2 aromatic heterocycles. The molecule has 0 radical (unpaired) electrons. The highest BCUT2D eigenvalue weighted by Crippen LogP contribution is 2.20. The van der Waals surface area contributed by atoms with Crippen molar-refractivity contribution in [2.24, 2.45) is 7.05 Å². The molecular weight excluding hydrogens is 298 g/mol. The molecule has 0 N–H and O–H groups in total. The van der Waals surface area contributed by atoms with Crippen molar-refractivity contribution in [1.82, 2.24) is 24.6 Å². The first-order valence-electron chi connectivity index (χ1n) is 6.14. The largest absolute Gasteiger partial charge is 0.333 e. The van der Waals surface area contributed by atoms with Gasteiger partial charge in [-0.2, -0.15) is 4.98 Å². The molecule has 0 unspecified atom stereocenters. The normalized spacial score (nSPS) is 11.1. The lowest BCUT2D eigenvalue weighted by molar-refractivity contribution is 0.0771. The quantitative estimate of drug-likeness (QED) is 0.869. The fourth-order valence-electron chi connectivity index (χ4n) is 1.60. The van der Waals surface area contributed by atoms with Crippen LogP contribution in [0.3, 0.4) is 0 Å². The van der Waals surface area contributed by atoms with Crippen LogP contribution in [0.25, 0.3) is 0 Å². The summed E-state index contributed by atoms with van der Waals surface area (Å²) in [6.45, 7) is 4.62. The fourth-order valence-corrected chi connectivity index (χ4v) is 2.55. The van der Waals surface area contributed by atoms with Crippen LogP contribution < -0.4 is 0 Å². The van der Waals surface area contributed by atoms with Crippen molar-refractivity contribution >= 4 is 28.8 Å². The number of hydrogen-bond donors (Lipinski definition) is 0.